The van der Waals surface area contributed by atoms with Gasteiger partial charge >= 0.3 is 0 Å². The Morgan fingerprint density at radius 1 is 1.27 bits per heavy atom. The summed E-state index contributed by atoms with van der Waals surface area (Å²) in [6, 6.07) is 10.9. The minimum Gasteiger partial charge on any atom is -0.352 e. The highest BCUT2D eigenvalue weighted by Gasteiger charge is 2.17. The predicted octanol–water partition coefficient (Wildman–Crippen LogP) is 3.29. The standard InChI is InChI=1S/C16H17ClN2O2S/c1-11(20)19-14(15-6-3-7-22-15)9-16(21)18-10-12-4-2-5-13(17)8-12/h2-8,14H,9-10H2,1H3,(H,18,21)(H,19,20). The maximum atomic E-state index is 12.1. The number of carbonyl (C=O) groups is 2. The molecule has 6 heteroatoms. The van der Waals surface area contributed by atoms with Gasteiger partial charge < -0.3 is 10.6 Å². The number of benzene rings is 1. The molecule has 0 aliphatic rings. The molecule has 0 aliphatic carbocycles. The Hall–Kier alpha value is -1.85. The molecule has 2 amide bonds. The average molecular weight is 337 g/mol. The summed E-state index contributed by atoms with van der Waals surface area (Å²) in [5.74, 6) is -0.270. The van der Waals surface area contributed by atoms with Crippen molar-refractivity contribution < 1.29 is 9.59 Å². The fourth-order valence-electron chi connectivity index (χ4n) is 2.06. The van der Waals surface area contributed by atoms with Crippen molar-refractivity contribution in [1.29, 1.82) is 0 Å². The summed E-state index contributed by atoms with van der Waals surface area (Å²) in [6.07, 6.45) is 0.209. The summed E-state index contributed by atoms with van der Waals surface area (Å²) < 4.78 is 0. The molecular formula is C16H17ClN2O2S. The molecule has 1 aromatic carbocycles. The van der Waals surface area contributed by atoms with E-state index in [2.05, 4.69) is 10.6 Å². The summed E-state index contributed by atoms with van der Waals surface area (Å²) in [4.78, 5) is 24.4. The van der Waals surface area contributed by atoms with Crippen LogP contribution in [0.25, 0.3) is 0 Å². The highest BCUT2D eigenvalue weighted by molar-refractivity contribution is 7.10. The van der Waals surface area contributed by atoms with Crippen LogP contribution in [0.1, 0.15) is 29.8 Å². The van der Waals surface area contributed by atoms with Crippen LogP contribution in [-0.4, -0.2) is 11.8 Å². The zero-order valence-corrected chi connectivity index (χ0v) is 13.7. The third-order valence-corrected chi connectivity index (χ3v) is 4.25. The second-order valence-corrected chi connectivity index (χ2v) is 6.30. The van der Waals surface area contributed by atoms with Crippen molar-refractivity contribution in [1.82, 2.24) is 10.6 Å². The number of thiophene rings is 1. The molecular weight excluding hydrogens is 320 g/mol. The van der Waals surface area contributed by atoms with E-state index >= 15 is 0 Å². The second-order valence-electron chi connectivity index (χ2n) is 4.88. The first-order valence-corrected chi connectivity index (χ1v) is 8.12. The zero-order chi connectivity index (χ0) is 15.9. The number of halogens is 1. The van der Waals surface area contributed by atoms with Crippen molar-refractivity contribution >= 4 is 34.8 Å². The van der Waals surface area contributed by atoms with Gasteiger partial charge in [-0.05, 0) is 29.1 Å². The minimum absolute atomic E-state index is 0.118. The number of amides is 2. The van der Waals surface area contributed by atoms with E-state index in [1.807, 2.05) is 35.7 Å². The van der Waals surface area contributed by atoms with E-state index in [-0.39, 0.29) is 24.3 Å². The van der Waals surface area contributed by atoms with E-state index in [1.54, 1.807) is 6.07 Å². The molecule has 1 heterocycles. The Balaban J connectivity index is 1.92. The number of carbonyl (C=O) groups excluding carboxylic acids is 2. The maximum Gasteiger partial charge on any atom is 0.222 e. The quantitative estimate of drug-likeness (QED) is 0.850. The molecule has 0 spiro atoms. The molecule has 1 aromatic heterocycles. The Bertz CT molecular complexity index is 643. The van der Waals surface area contributed by atoms with Crippen LogP contribution in [0.3, 0.4) is 0 Å². The van der Waals surface area contributed by atoms with Crippen molar-refractivity contribution in [3.05, 3.63) is 57.2 Å². The van der Waals surface area contributed by atoms with E-state index in [4.69, 9.17) is 11.6 Å². The van der Waals surface area contributed by atoms with Gasteiger partial charge in [0.15, 0.2) is 0 Å². The van der Waals surface area contributed by atoms with Gasteiger partial charge in [0.2, 0.25) is 11.8 Å². The van der Waals surface area contributed by atoms with E-state index in [0.717, 1.165) is 10.4 Å². The molecule has 22 heavy (non-hydrogen) atoms. The number of hydrogen-bond acceptors (Lipinski definition) is 3. The highest BCUT2D eigenvalue weighted by atomic mass is 35.5. The van der Waals surface area contributed by atoms with Crippen LogP contribution in [0.15, 0.2) is 41.8 Å². The third-order valence-electron chi connectivity index (χ3n) is 3.03. The Morgan fingerprint density at radius 3 is 2.73 bits per heavy atom. The molecule has 0 saturated heterocycles. The smallest absolute Gasteiger partial charge is 0.222 e. The second kappa shape index (κ2) is 7.96. The van der Waals surface area contributed by atoms with E-state index < -0.39 is 0 Å². The fraction of sp³-hybridized carbons (Fsp3) is 0.250. The summed E-state index contributed by atoms with van der Waals surface area (Å²) >= 11 is 7.43. The van der Waals surface area contributed by atoms with Crippen LogP contribution in [0.5, 0.6) is 0 Å². The highest BCUT2D eigenvalue weighted by Crippen LogP contribution is 2.22. The summed E-state index contributed by atoms with van der Waals surface area (Å²) in [6.45, 7) is 1.86. The van der Waals surface area contributed by atoms with Gasteiger partial charge in [0.05, 0.1) is 12.5 Å². The molecule has 0 saturated carbocycles. The summed E-state index contributed by atoms with van der Waals surface area (Å²) in [7, 11) is 0. The normalized spacial score (nSPS) is 11.7. The number of hydrogen-bond donors (Lipinski definition) is 2. The first-order chi connectivity index (χ1) is 10.5. The van der Waals surface area contributed by atoms with Crippen molar-refractivity contribution in [2.75, 3.05) is 0 Å². The summed E-state index contributed by atoms with van der Waals surface area (Å²) in [5.41, 5.74) is 0.938. The molecule has 4 nitrogen and oxygen atoms in total. The van der Waals surface area contributed by atoms with Crippen molar-refractivity contribution in [2.45, 2.75) is 25.9 Å². The monoisotopic (exact) mass is 336 g/mol. The molecule has 2 N–H and O–H groups in total. The maximum absolute atomic E-state index is 12.1. The topological polar surface area (TPSA) is 58.2 Å². The lowest BCUT2D eigenvalue weighted by atomic mass is 10.1. The fourth-order valence-corrected chi connectivity index (χ4v) is 3.05. The Kier molecular flexibility index (Phi) is 5.98. The molecule has 116 valence electrons. The lowest BCUT2D eigenvalue weighted by molar-refractivity contribution is -0.122. The SMILES string of the molecule is CC(=O)NC(CC(=O)NCc1cccc(Cl)c1)c1cccs1. The van der Waals surface area contributed by atoms with Gasteiger partial charge in [-0.3, -0.25) is 9.59 Å². The lowest BCUT2D eigenvalue weighted by Gasteiger charge is -2.16. The molecule has 0 bridgehead atoms. The zero-order valence-electron chi connectivity index (χ0n) is 12.1. The van der Waals surface area contributed by atoms with Gasteiger partial charge in [-0.1, -0.05) is 29.8 Å². The third kappa shape index (κ3) is 5.16. The van der Waals surface area contributed by atoms with Crippen LogP contribution >= 0.6 is 22.9 Å². The van der Waals surface area contributed by atoms with Gasteiger partial charge in [0.1, 0.15) is 0 Å². The Labute approximate surface area is 138 Å². The van der Waals surface area contributed by atoms with Gasteiger partial charge in [-0.15, -0.1) is 11.3 Å². The molecule has 2 aromatic rings. The average Bonchev–Trinajstić information content (AvgIpc) is 2.98. The first kappa shape index (κ1) is 16.5. The largest absolute Gasteiger partial charge is 0.352 e. The van der Waals surface area contributed by atoms with Crippen LogP contribution < -0.4 is 10.6 Å². The Morgan fingerprint density at radius 2 is 2.09 bits per heavy atom. The molecule has 1 unspecified atom stereocenters. The molecule has 0 fully saturated rings. The van der Waals surface area contributed by atoms with Gasteiger partial charge in [0.25, 0.3) is 0 Å². The molecule has 1 atom stereocenters. The van der Waals surface area contributed by atoms with Crippen LogP contribution in [0.4, 0.5) is 0 Å². The predicted molar refractivity (Wildman–Crippen MR) is 88.8 cm³/mol. The van der Waals surface area contributed by atoms with Crippen LogP contribution in [0.2, 0.25) is 5.02 Å². The van der Waals surface area contributed by atoms with Gasteiger partial charge in [-0.25, -0.2) is 0 Å². The summed E-state index contributed by atoms with van der Waals surface area (Å²) in [5, 5.41) is 8.22. The van der Waals surface area contributed by atoms with Crippen molar-refractivity contribution in [3.63, 3.8) is 0 Å². The molecule has 0 radical (unpaired) electrons. The van der Waals surface area contributed by atoms with Crippen LogP contribution in [0, 0.1) is 0 Å². The van der Waals surface area contributed by atoms with Crippen LogP contribution in [-0.2, 0) is 16.1 Å². The molecule has 0 aliphatic heterocycles. The van der Waals surface area contributed by atoms with Gasteiger partial charge in [-0.2, -0.15) is 0 Å². The first-order valence-electron chi connectivity index (χ1n) is 6.86. The van der Waals surface area contributed by atoms with E-state index in [0.29, 0.717) is 11.6 Å². The lowest BCUT2D eigenvalue weighted by Crippen LogP contribution is -2.32. The number of nitrogens with one attached hydrogen (secondary N) is 2. The molecule has 2 rings (SSSR count). The van der Waals surface area contributed by atoms with Crippen molar-refractivity contribution in [3.8, 4) is 0 Å². The number of rotatable bonds is 6. The minimum atomic E-state index is -0.295. The van der Waals surface area contributed by atoms with E-state index in [1.165, 1.54) is 18.3 Å². The van der Waals surface area contributed by atoms with Gasteiger partial charge in [0, 0.05) is 23.4 Å². The van der Waals surface area contributed by atoms with E-state index in [9.17, 15) is 9.59 Å². The van der Waals surface area contributed by atoms with Crippen molar-refractivity contribution in [2.24, 2.45) is 0 Å².